The minimum Gasteiger partial charge on any atom is -0.319 e. The second-order valence-electron chi connectivity index (χ2n) is 8.22. The summed E-state index contributed by atoms with van der Waals surface area (Å²) < 4.78 is 17.6. The highest BCUT2D eigenvalue weighted by atomic mass is 19.1. The molecule has 0 saturated heterocycles. The smallest absolute Gasteiger partial charge is 0.256 e. The van der Waals surface area contributed by atoms with Gasteiger partial charge in [0.25, 0.3) is 5.91 Å². The number of carbonyl (C=O) groups is 1. The maximum Gasteiger partial charge on any atom is 0.256 e. The van der Waals surface area contributed by atoms with Gasteiger partial charge < -0.3 is 5.32 Å². The number of hydrogen-bond acceptors (Lipinski definition) is 4. The first kappa shape index (κ1) is 21.5. The van der Waals surface area contributed by atoms with Gasteiger partial charge in [0, 0.05) is 29.8 Å². The molecule has 7 nitrogen and oxygen atoms in total. The van der Waals surface area contributed by atoms with Crippen molar-refractivity contribution in [1.29, 1.82) is 0 Å². The van der Waals surface area contributed by atoms with E-state index in [-0.39, 0.29) is 18.3 Å². The van der Waals surface area contributed by atoms with Crippen LogP contribution < -0.4 is 5.32 Å². The third-order valence-corrected chi connectivity index (χ3v) is 5.86. The van der Waals surface area contributed by atoms with Gasteiger partial charge in [-0.15, -0.1) is 0 Å². The highest BCUT2D eigenvalue weighted by Crippen LogP contribution is 2.27. The third-order valence-electron chi connectivity index (χ3n) is 5.86. The van der Waals surface area contributed by atoms with Crippen molar-refractivity contribution in [1.82, 2.24) is 24.5 Å². The summed E-state index contributed by atoms with van der Waals surface area (Å²) in [5.41, 5.74) is 5.28. The Balaban J connectivity index is 1.51. The number of carbonyl (C=O) groups excluding carboxylic acids is 1. The van der Waals surface area contributed by atoms with Crippen LogP contribution in [0.1, 0.15) is 27.3 Å². The van der Waals surface area contributed by atoms with Crippen LogP contribution in [0.15, 0.2) is 67.0 Å². The van der Waals surface area contributed by atoms with Crippen LogP contribution in [0, 0.1) is 19.7 Å². The van der Waals surface area contributed by atoms with Crippen LogP contribution in [-0.4, -0.2) is 30.5 Å². The van der Waals surface area contributed by atoms with E-state index in [0.717, 1.165) is 22.2 Å². The van der Waals surface area contributed by atoms with Crippen molar-refractivity contribution in [2.24, 2.45) is 7.05 Å². The number of aryl methyl sites for hydroxylation is 2. The minimum absolute atomic E-state index is 0.264. The largest absolute Gasteiger partial charge is 0.319 e. The molecule has 1 amide bonds. The first-order valence-corrected chi connectivity index (χ1v) is 10.9. The fourth-order valence-electron chi connectivity index (χ4n) is 4.07. The highest BCUT2D eigenvalue weighted by Gasteiger charge is 2.19. The van der Waals surface area contributed by atoms with Crippen molar-refractivity contribution in [3.05, 3.63) is 95.3 Å². The van der Waals surface area contributed by atoms with Crippen LogP contribution in [0.3, 0.4) is 0 Å². The quantitative estimate of drug-likeness (QED) is 0.410. The molecule has 0 aliphatic carbocycles. The standard InChI is InChI=1S/C26H23FN6O/c1-16-25(17(2)33(31-16)15-18-8-4-6-10-22(18)27)30-26(34)21-12-24(19-13-28-32(3)14-19)29-23-11-7-5-9-20(21)23/h4-14H,15H2,1-3H3,(H,30,34). The Kier molecular flexibility index (Phi) is 5.41. The number of nitrogens with zero attached hydrogens (tertiary/aromatic N) is 5. The number of amides is 1. The molecule has 0 spiro atoms. The molecule has 0 saturated carbocycles. The van der Waals surface area contributed by atoms with Crippen molar-refractivity contribution >= 4 is 22.5 Å². The van der Waals surface area contributed by atoms with E-state index in [2.05, 4.69) is 15.5 Å². The van der Waals surface area contributed by atoms with Crippen LogP contribution >= 0.6 is 0 Å². The van der Waals surface area contributed by atoms with Crippen LogP contribution in [-0.2, 0) is 13.6 Å². The van der Waals surface area contributed by atoms with Gasteiger partial charge >= 0.3 is 0 Å². The summed E-state index contributed by atoms with van der Waals surface area (Å²) >= 11 is 0. The molecule has 3 heterocycles. The van der Waals surface area contributed by atoms with E-state index in [9.17, 15) is 9.18 Å². The van der Waals surface area contributed by atoms with Crippen molar-refractivity contribution in [3.8, 4) is 11.3 Å². The SMILES string of the molecule is Cc1nn(Cc2ccccc2F)c(C)c1NC(=O)c1cc(-c2cnn(C)c2)nc2ccccc12. The Morgan fingerprint density at radius 1 is 1.09 bits per heavy atom. The van der Waals surface area contributed by atoms with Crippen molar-refractivity contribution < 1.29 is 9.18 Å². The summed E-state index contributed by atoms with van der Waals surface area (Å²) in [6.45, 7) is 3.97. The molecule has 0 atom stereocenters. The van der Waals surface area contributed by atoms with Gasteiger partial charge in [0.1, 0.15) is 5.82 Å². The number of pyridine rings is 1. The van der Waals surface area contributed by atoms with E-state index in [0.29, 0.717) is 28.2 Å². The molecule has 5 rings (SSSR count). The average molecular weight is 455 g/mol. The molecule has 0 aliphatic heterocycles. The van der Waals surface area contributed by atoms with E-state index in [1.807, 2.05) is 51.4 Å². The van der Waals surface area contributed by atoms with Crippen molar-refractivity contribution in [3.63, 3.8) is 0 Å². The molecule has 170 valence electrons. The van der Waals surface area contributed by atoms with E-state index in [1.165, 1.54) is 6.07 Å². The molecule has 3 aromatic heterocycles. The Morgan fingerprint density at radius 3 is 2.62 bits per heavy atom. The molecule has 0 aliphatic rings. The molecule has 1 N–H and O–H groups in total. The summed E-state index contributed by atoms with van der Waals surface area (Å²) in [5.74, 6) is -0.549. The van der Waals surface area contributed by atoms with Gasteiger partial charge in [0.2, 0.25) is 0 Å². The van der Waals surface area contributed by atoms with Gasteiger partial charge in [-0.1, -0.05) is 36.4 Å². The Labute approximate surface area is 195 Å². The molecular formula is C26H23FN6O. The third kappa shape index (κ3) is 3.94. The van der Waals surface area contributed by atoms with Gasteiger partial charge in [-0.3, -0.25) is 14.2 Å². The fraction of sp³-hybridized carbons (Fsp3) is 0.154. The second kappa shape index (κ2) is 8.55. The number of fused-ring (bicyclic) bond motifs is 1. The second-order valence-corrected chi connectivity index (χ2v) is 8.22. The number of para-hydroxylation sites is 1. The lowest BCUT2D eigenvalue weighted by Gasteiger charge is -2.11. The fourth-order valence-corrected chi connectivity index (χ4v) is 4.07. The highest BCUT2D eigenvalue weighted by molar-refractivity contribution is 6.13. The first-order chi connectivity index (χ1) is 16.4. The first-order valence-electron chi connectivity index (χ1n) is 10.9. The van der Waals surface area contributed by atoms with Crippen molar-refractivity contribution in [2.75, 3.05) is 5.32 Å². The predicted octanol–water partition coefficient (Wildman–Crippen LogP) is 4.89. The van der Waals surface area contributed by atoms with Gasteiger partial charge in [0.15, 0.2) is 0 Å². The molecule has 0 bridgehead atoms. The van der Waals surface area contributed by atoms with Crippen LogP contribution in [0.25, 0.3) is 22.2 Å². The summed E-state index contributed by atoms with van der Waals surface area (Å²) in [7, 11) is 1.84. The minimum atomic E-state index is -0.285. The number of aromatic nitrogens is 5. The summed E-state index contributed by atoms with van der Waals surface area (Å²) in [4.78, 5) is 18.2. The van der Waals surface area contributed by atoms with Crippen LogP contribution in [0.5, 0.6) is 0 Å². The molecule has 2 aromatic carbocycles. The summed E-state index contributed by atoms with van der Waals surface area (Å²) in [5, 5.41) is 12.5. The molecule has 0 unspecified atom stereocenters. The van der Waals surface area contributed by atoms with E-state index in [1.54, 1.807) is 39.8 Å². The zero-order valence-corrected chi connectivity index (χ0v) is 19.1. The number of benzene rings is 2. The predicted molar refractivity (Wildman–Crippen MR) is 129 cm³/mol. The molecule has 8 heteroatoms. The molecular weight excluding hydrogens is 431 g/mol. The maximum atomic E-state index is 14.2. The Bertz CT molecular complexity index is 1530. The Morgan fingerprint density at radius 2 is 1.85 bits per heavy atom. The zero-order valence-electron chi connectivity index (χ0n) is 19.1. The maximum absolute atomic E-state index is 14.2. The van der Waals surface area contributed by atoms with Crippen molar-refractivity contribution in [2.45, 2.75) is 20.4 Å². The zero-order chi connectivity index (χ0) is 23.8. The van der Waals surface area contributed by atoms with E-state index < -0.39 is 0 Å². The molecule has 0 fully saturated rings. The topological polar surface area (TPSA) is 77.6 Å². The lowest BCUT2D eigenvalue weighted by atomic mass is 10.0. The lowest BCUT2D eigenvalue weighted by molar-refractivity contribution is 0.102. The Hall–Kier alpha value is -4.33. The number of rotatable bonds is 5. The monoisotopic (exact) mass is 454 g/mol. The van der Waals surface area contributed by atoms with Gasteiger partial charge in [-0.2, -0.15) is 10.2 Å². The molecule has 0 radical (unpaired) electrons. The van der Waals surface area contributed by atoms with Crippen LogP contribution in [0.2, 0.25) is 0 Å². The number of anilines is 1. The lowest BCUT2D eigenvalue weighted by Crippen LogP contribution is -2.14. The molecule has 5 aromatic rings. The average Bonchev–Trinajstić information content (AvgIpc) is 3.38. The van der Waals surface area contributed by atoms with Gasteiger partial charge in [-0.05, 0) is 32.0 Å². The summed E-state index contributed by atoms with van der Waals surface area (Å²) in [6, 6.07) is 15.9. The van der Waals surface area contributed by atoms with E-state index in [4.69, 9.17) is 4.98 Å². The summed E-state index contributed by atoms with van der Waals surface area (Å²) in [6.07, 6.45) is 3.58. The van der Waals surface area contributed by atoms with E-state index >= 15 is 0 Å². The normalized spacial score (nSPS) is 11.2. The number of hydrogen-bond donors (Lipinski definition) is 1. The number of nitrogens with one attached hydrogen (secondary N) is 1. The van der Waals surface area contributed by atoms with Gasteiger partial charge in [-0.25, -0.2) is 9.37 Å². The number of halogens is 1. The van der Waals surface area contributed by atoms with Crippen LogP contribution in [0.4, 0.5) is 10.1 Å². The molecule has 34 heavy (non-hydrogen) atoms. The van der Waals surface area contributed by atoms with Gasteiger partial charge in [0.05, 0.1) is 46.6 Å².